The summed E-state index contributed by atoms with van der Waals surface area (Å²) in [6.07, 6.45) is 2.20. The molecule has 2 aromatic heterocycles. The fourth-order valence-electron chi connectivity index (χ4n) is 3.60. The SMILES string of the molecule is Cc1c(-c2cccc(F)c2)nc(N)c2nc([C@H]3CC[C@@](C)(O)C3)nn12. The highest BCUT2D eigenvalue weighted by Gasteiger charge is 2.36. The molecule has 2 atom stereocenters. The Balaban J connectivity index is 1.83. The van der Waals surface area contributed by atoms with Gasteiger partial charge >= 0.3 is 0 Å². The van der Waals surface area contributed by atoms with E-state index >= 15 is 0 Å². The van der Waals surface area contributed by atoms with Gasteiger partial charge in [0.1, 0.15) is 5.82 Å². The number of aromatic nitrogens is 4. The second kappa shape index (κ2) is 5.49. The van der Waals surface area contributed by atoms with Gasteiger partial charge in [0.25, 0.3) is 0 Å². The average molecular weight is 341 g/mol. The molecule has 6 nitrogen and oxygen atoms in total. The van der Waals surface area contributed by atoms with Crippen molar-refractivity contribution < 1.29 is 9.50 Å². The summed E-state index contributed by atoms with van der Waals surface area (Å²) in [5.41, 5.74) is 7.89. The number of benzene rings is 1. The van der Waals surface area contributed by atoms with E-state index in [0.29, 0.717) is 29.1 Å². The molecule has 1 aliphatic rings. The van der Waals surface area contributed by atoms with E-state index in [0.717, 1.165) is 18.5 Å². The third kappa shape index (κ3) is 2.74. The molecule has 0 aliphatic heterocycles. The highest BCUT2D eigenvalue weighted by atomic mass is 19.1. The van der Waals surface area contributed by atoms with Gasteiger partial charge in [-0.05, 0) is 45.2 Å². The Morgan fingerprint density at radius 1 is 1.36 bits per heavy atom. The van der Waals surface area contributed by atoms with Crippen molar-refractivity contribution in [3.8, 4) is 11.3 Å². The molecule has 1 saturated carbocycles. The molecule has 1 aliphatic carbocycles. The summed E-state index contributed by atoms with van der Waals surface area (Å²) in [6.45, 7) is 3.70. The fraction of sp³-hybridized carbons (Fsp3) is 0.389. The second-order valence-electron chi connectivity index (χ2n) is 7.08. The van der Waals surface area contributed by atoms with Crippen molar-refractivity contribution in [3.05, 3.63) is 41.6 Å². The summed E-state index contributed by atoms with van der Waals surface area (Å²) in [6, 6.07) is 6.24. The Bertz CT molecular complexity index is 965. The minimum Gasteiger partial charge on any atom is -0.390 e. The van der Waals surface area contributed by atoms with Crippen LogP contribution in [0.2, 0.25) is 0 Å². The van der Waals surface area contributed by atoms with Crippen LogP contribution in [0.15, 0.2) is 24.3 Å². The van der Waals surface area contributed by atoms with Gasteiger partial charge in [-0.25, -0.2) is 18.9 Å². The number of hydrogen-bond acceptors (Lipinski definition) is 5. The van der Waals surface area contributed by atoms with Gasteiger partial charge in [0, 0.05) is 11.5 Å². The molecule has 0 amide bonds. The van der Waals surface area contributed by atoms with Crippen molar-refractivity contribution in [2.45, 2.75) is 44.6 Å². The summed E-state index contributed by atoms with van der Waals surface area (Å²) in [7, 11) is 0. The molecule has 3 aromatic rings. The van der Waals surface area contributed by atoms with Gasteiger partial charge in [-0.2, -0.15) is 5.10 Å². The normalized spacial score (nSPS) is 23.4. The Morgan fingerprint density at radius 3 is 2.84 bits per heavy atom. The predicted octanol–water partition coefficient (Wildman–Crippen LogP) is 2.84. The predicted molar refractivity (Wildman–Crippen MR) is 92.5 cm³/mol. The lowest BCUT2D eigenvalue weighted by Crippen LogP contribution is -2.18. The van der Waals surface area contributed by atoms with Gasteiger partial charge < -0.3 is 10.8 Å². The maximum absolute atomic E-state index is 13.6. The zero-order valence-electron chi connectivity index (χ0n) is 14.2. The Kier molecular flexibility index (Phi) is 3.50. The van der Waals surface area contributed by atoms with Gasteiger partial charge in [0.15, 0.2) is 17.3 Å². The number of anilines is 1. The van der Waals surface area contributed by atoms with E-state index in [9.17, 15) is 9.50 Å². The highest BCUT2D eigenvalue weighted by Crippen LogP contribution is 2.39. The quantitative estimate of drug-likeness (QED) is 0.748. The van der Waals surface area contributed by atoms with Crippen molar-refractivity contribution in [3.63, 3.8) is 0 Å². The molecule has 1 fully saturated rings. The lowest BCUT2D eigenvalue weighted by Gasteiger charge is -2.14. The van der Waals surface area contributed by atoms with Gasteiger partial charge in [0.05, 0.1) is 17.0 Å². The van der Waals surface area contributed by atoms with E-state index in [-0.39, 0.29) is 17.6 Å². The van der Waals surface area contributed by atoms with Crippen molar-refractivity contribution in [1.82, 2.24) is 19.6 Å². The van der Waals surface area contributed by atoms with E-state index in [1.807, 2.05) is 13.8 Å². The fourth-order valence-corrected chi connectivity index (χ4v) is 3.60. The van der Waals surface area contributed by atoms with E-state index in [4.69, 9.17) is 5.73 Å². The molecule has 0 spiro atoms. The van der Waals surface area contributed by atoms with Crippen molar-refractivity contribution in [2.75, 3.05) is 5.73 Å². The lowest BCUT2D eigenvalue weighted by atomic mass is 10.0. The smallest absolute Gasteiger partial charge is 0.198 e. The molecule has 7 heteroatoms. The molecule has 3 N–H and O–H groups in total. The number of nitrogen functional groups attached to an aromatic ring is 1. The summed E-state index contributed by atoms with van der Waals surface area (Å²) < 4.78 is 15.2. The van der Waals surface area contributed by atoms with Crippen LogP contribution in [0.3, 0.4) is 0 Å². The maximum Gasteiger partial charge on any atom is 0.198 e. The van der Waals surface area contributed by atoms with Crippen LogP contribution < -0.4 is 5.73 Å². The van der Waals surface area contributed by atoms with Crippen LogP contribution in [0.4, 0.5) is 10.2 Å². The number of fused-ring (bicyclic) bond motifs is 1. The highest BCUT2D eigenvalue weighted by molar-refractivity contribution is 5.69. The second-order valence-corrected chi connectivity index (χ2v) is 7.08. The summed E-state index contributed by atoms with van der Waals surface area (Å²) in [5.74, 6) is 0.704. The molecule has 1 aromatic carbocycles. The van der Waals surface area contributed by atoms with Crippen LogP contribution in [0.25, 0.3) is 16.9 Å². The number of nitrogens with zero attached hydrogens (tertiary/aromatic N) is 4. The Morgan fingerprint density at radius 2 is 2.16 bits per heavy atom. The van der Waals surface area contributed by atoms with Gasteiger partial charge in [0.2, 0.25) is 0 Å². The Labute approximate surface area is 144 Å². The zero-order valence-corrected chi connectivity index (χ0v) is 14.2. The number of hydrogen-bond donors (Lipinski definition) is 2. The monoisotopic (exact) mass is 341 g/mol. The van der Waals surface area contributed by atoms with E-state index in [1.54, 1.807) is 16.6 Å². The lowest BCUT2D eigenvalue weighted by molar-refractivity contribution is 0.0662. The van der Waals surface area contributed by atoms with Crippen LogP contribution in [0, 0.1) is 12.7 Å². The van der Waals surface area contributed by atoms with Crippen molar-refractivity contribution >= 4 is 11.5 Å². The van der Waals surface area contributed by atoms with Crippen LogP contribution in [0.5, 0.6) is 0 Å². The van der Waals surface area contributed by atoms with Crippen molar-refractivity contribution in [1.29, 1.82) is 0 Å². The first kappa shape index (κ1) is 16.0. The molecule has 4 rings (SSSR count). The summed E-state index contributed by atoms with van der Waals surface area (Å²) in [5, 5.41) is 14.8. The summed E-state index contributed by atoms with van der Waals surface area (Å²) >= 11 is 0. The van der Waals surface area contributed by atoms with Crippen molar-refractivity contribution in [2.24, 2.45) is 0 Å². The molecule has 0 bridgehead atoms. The number of aryl methyl sites for hydroxylation is 1. The third-order valence-electron chi connectivity index (χ3n) is 4.93. The molecule has 0 saturated heterocycles. The summed E-state index contributed by atoms with van der Waals surface area (Å²) in [4.78, 5) is 8.97. The molecule has 0 unspecified atom stereocenters. The average Bonchev–Trinajstić information content (AvgIpc) is 3.15. The zero-order chi connectivity index (χ0) is 17.8. The first-order valence-electron chi connectivity index (χ1n) is 8.35. The molecular weight excluding hydrogens is 321 g/mol. The molecule has 0 radical (unpaired) electrons. The van der Waals surface area contributed by atoms with Gasteiger partial charge in [-0.3, -0.25) is 0 Å². The number of rotatable bonds is 2. The van der Waals surface area contributed by atoms with E-state index in [2.05, 4.69) is 15.1 Å². The standard InChI is InChI=1S/C18H20FN5O/c1-10-14(11-4-3-5-13(19)8-11)21-15(20)17-22-16(23-24(10)17)12-6-7-18(2,25)9-12/h3-5,8,12,25H,6-7,9H2,1-2H3,(H2,20,21)/t12-,18+/m0/s1. The number of aliphatic hydroxyl groups is 1. The Hall–Kier alpha value is -2.54. The minimum atomic E-state index is -0.673. The van der Waals surface area contributed by atoms with Crippen LogP contribution in [-0.2, 0) is 0 Å². The largest absolute Gasteiger partial charge is 0.390 e. The third-order valence-corrected chi connectivity index (χ3v) is 4.93. The molecule has 130 valence electrons. The molecular formula is C18H20FN5O. The van der Waals surface area contributed by atoms with Crippen LogP contribution >= 0.6 is 0 Å². The first-order chi connectivity index (χ1) is 11.8. The van der Waals surface area contributed by atoms with Gasteiger partial charge in [-0.1, -0.05) is 12.1 Å². The topological polar surface area (TPSA) is 89.3 Å². The van der Waals surface area contributed by atoms with Gasteiger partial charge in [-0.15, -0.1) is 0 Å². The van der Waals surface area contributed by atoms with Crippen LogP contribution in [0.1, 0.15) is 43.6 Å². The number of halogens is 1. The maximum atomic E-state index is 13.6. The molecule has 25 heavy (non-hydrogen) atoms. The first-order valence-corrected chi connectivity index (χ1v) is 8.35. The van der Waals surface area contributed by atoms with E-state index < -0.39 is 5.60 Å². The number of nitrogens with two attached hydrogens (primary N) is 1. The van der Waals surface area contributed by atoms with Crippen LogP contribution in [-0.4, -0.2) is 30.3 Å². The molecule has 2 heterocycles. The van der Waals surface area contributed by atoms with E-state index in [1.165, 1.54) is 12.1 Å². The minimum absolute atomic E-state index is 0.103.